The molecular weight excluding hydrogens is 186 g/mol. The van der Waals surface area contributed by atoms with Crippen molar-refractivity contribution in [2.75, 3.05) is 5.73 Å². The first kappa shape index (κ1) is 10.5. The van der Waals surface area contributed by atoms with E-state index >= 15 is 0 Å². The van der Waals surface area contributed by atoms with Crippen molar-refractivity contribution in [3.63, 3.8) is 0 Å². The van der Waals surface area contributed by atoms with Crippen molar-refractivity contribution >= 4 is 5.82 Å². The van der Waals surface area contributed by atoms with Gasteiger partial charge in [-0.25, -0.2) is 4.68 Å². The number of nitrogens with two attached hydrogens (primary N) is 1. The van der Waals surface area contributed by atoms with Gasteiger partial charge in [-0.2, -0.15) is 5.10 Å². The number of rotatable bonds is 2. The zero-order valence-electron chi connectivity index (χ0n) is 9.74. The topological polar surface area (TPSA) is 43.8 Å². The Morgan fingerprint density at radius 1 is 1.40 bits per heavy atom. The molecule has 3 heteroatoms. The van der Waals surface area contributed by atoms with Gasteiger partial charge in [0, 0.05) is 6.07 Å². The first-order valence-electron chi connectivity index (χ1n) is 6.02. The molecule has 0 spiro atoms. The number of hydrogen-bond donors (Lipinski definition) is 1. The quantitative estimate of drug-likeness (QED) is 0.810. The Kier molecular flexibility index (Phi) is 2.98. The minimum Gasteiger partial charge on any atom is -0.384 e. The van der Waals surface area contributed by atoms with E-state index in [4.69, 9.17) is 5.73 Å². The van der Waals surface area contributed by atoms with Crippen LogP contribution >= 0.6 is 0 Å². The molecule has 1 aliphatic carbocycles. The van der Waals surface area contributed by atoms with Gasteiger partial charge < -0.3 is 5.73 Å². The SMILES string of the molecule is CCC1CCC(n2nc(C)cc2N)CC1. The molecule has 1 aromatic heterocycles. The molecule has 0 atom stereocenters. The molecule has 0 aromatic carbocycles. The second kappa shape index (κ2) is 4.25. The Labute approximate surface area is 91.7 Å². The van der Waals surface area contributed by atoms with Crippen LogP contribution < -0.4 is 5.73 Å². The van der Waals surface area contributed by atoms with Crippen LogP contribution in [0.15, 0.2) is 6.07 Å². The molecule has 1 aliphatic rings. The van der Waals surface area contributed by atoms with E-state index in [9.17, 15) is 0 Å². The summed E-state index contributed by atoms with van der Waals surface area (Å²) in [5, 5.41) is 4.48. The first-order valence-corrected chi connectivity index (χ1v) is 6.02. The van der Waals surface area contributed by atoms with Crippen molar-refractivity contribution < 1.29 is 0 Å². The molecule has 1 heterocycles. The molecule has 0 unspecified atom stereocenters. The van der Waals surface area contributed by atoms with Gasteiger partial charge in [0.05, 0.1) is 11.7 Å². The Morgan fingerprint density at radius 2 is 2.07 bits per heavy atom. The maximum atomic E-state index is 5.94. The molecule has 0 bridgehead atoms. The van der Waals surface area contributed by atoms with E-state index < -0.39 is 0 Å². The van der Waals surface area contributed by atoms with E-state index in [-0.39, 0.29) is 0 Å². The van der Waals surface area contributed by atoms with Crippen LogP contribution in [0.2, 0.25) is 0 Å². The normalized spacial score (nSPS) is 26.8. The average molecular weight is 207 g/mol. The van der Waals surface area contributed by atoms with E-state index in [2.05, 4.69) is 12.0 Å². The van der Waals surface area contributed by atoms with Gasteiger partial charge in [-0.15, -0.1) is 0 Å². The standard InChI is InChI=1S/C12H21N3/c1-3-10-4-6-11(7-5-10)15-12(13)8-9(2)14-15/h8,10-11H,3-7,13H2,1-2H3. The van der Waals surface area contributed by atoms with E-state index in [0.29, 0.717) is 6.04 Å². The molecule has 2 N–H and O–H groups in total. The van der Waals surface area contributed by atoms with Gasteiger partial charge in [-0.05, 0) is 38.5 Å². The Morgan fingerprint density at radius 3 is 2.53 bits per heavy atom. The number of aromatic nitrogens is 2. The minimum absolute atomic E-state index is 0.543. The number of anilines is 1. The smallest absolute Gasteiger partial charge is 0.122 e. The fraction of sp³-hybridized carbons (Fsp3) is 0.750. The Balaban J connectivity index is 2.04. The van der Waals surface area contributed by atoms with Crippen LogP contribution in [0, 0.1) is 12.8 Å². The summed E-state index contributed by atoms with van der Waals surface area (Å²) in [6.07, 6.45) is 6.47. The molecular formula is C12H21N3. The fourth-order valence-electron chi connectivity index (χ4n) is 2.63. The molecule has 0 amide bonds. The second-order valence-electron chi connectivity index (χ2n) is 4.74. The van der Waals surface area contributed by atoms with E-state index in [1.54, 1.807) is 0 Å². The van der Waals surface area contributed by atoms with Crippen molar-refractivity contribution in [2.45, 2.75) is 52.0 Å². The lowest BCUT2D eigenvalue weighted by atomic mass is 9.84. The largest absolute Gasteiger partial charge is 0.384 e. The molecule has 15 heavy (non-hydrogen) atoms. The van der Waals surface area contributed by atoms with Gasteiger partial charge in [-0.3, -0.25) is 0 Å². The van der Waals surface area contributed by atoms with E-state index in [0.717, 1.165) is 17.4 Å². The summed E-state index contributed by atoms with van der Waals surface area (Å²) in [4.78, 5) is 0. The number of nitrogen functional groups attached to an aromatic ring is 1. The van der Waals surface area contributed by atoms with Gasteiger partial charge in [0.2, 0.25) is 0 Å². The zero-order valence-corrected chi connectivity index (χ0v) is 9.74. The Hall–Kier alpha value is -0.990. The summed E-state index contributed by atoms with van der Waals surface area (Å²) in [5.41, 5.74) is 6.97. The van der Waals surface area contributed by atoms with Crippen LogP contribution in [0.5, 0.6) is 0 Å². The maximum Gasteiger partial charge on any atom is 0.122 e. The lowest BCUT2D eigenvalue weighted by molar-refractivity contribution is 0.258. The van der Waals surface area contributed by atoms with Crippen molar-refractivity contribution in [3.05, 3.63) is 11.8 Å². The van der Waals surface area contributed by atoms with Crippen LogP contribution in [-0.2, 0) is 0 Å². The molecule has 1 aromatic rings. The molecule has 1 fully saturated rings. The fourth-order valence-corrected chi connectivity index (χ4v) is 2.63. The average Bonchev–Trinajstić information content (AvgIpc) is 2.58. The predicted octanol–water partition coefficient (Wildman–Crippen LogP) is 2.92. The molecule has 3 nitrogen and oxygen atoms in total. The highest BCUT2D eigenvalue weighted by atomic mass is 15.3. The first-order chi connectivity index (χ1) is 7.20. The lowest BCUT2D eigenvalue weighted by Gasteiger charge is -2.28. The minimum atomic E-state index is 0.543. The van der Waals surface area contributed by atoms with Gasteiger partial charge in [-0.1, -0.05) is 13.3 Å². The van der Waals surface area contributed by atoms with E-state index in [1.807, 2.05) is 17.7 Å². The summed E-state index contributed by atoms with van der Waals surface area (Å²) in [5.74, 6) is 1.76. The van der Waals surface area contributed by atoms with Crippen LogP contribution in [-0.4, -0.2) is 9.78 Å². The number of nitrogens with zero attached hydrogens (tertiary/aromatic N) is 2. The maximum absolute atomic E-state index is 5.94. The van der Waals surface area contributed by atoms with Gasteiger partial charge >= 0.3 is 0 Å². The molecule has 0 aliphatic heterocycles. The molecule has 0 radical (unpaired) electrons. The lowest BCUT2D eigenvalue weighted by Crippen LogP contribution is -2.20. The summed E-state index contributed by atoms with van der Waals surface area (Å²) in [6, 6.07) is 2.51. The molecule has 84 valence electrons. The highest BCUT2D eigenvalue weighted by Gasteiger charge is 2.22. The summed E-state index contributed by atoms with van der Waals surface area (Å²) in [7, 11) is 0. The summed E-state index contributed by atoms with van der Waals surface area (Å²) < 4.78 is 2.03. The number of aryl methyl sites for hydroxylation is 1. The highest BCUT2D eigenvalue weighted by Crippen LogP contribution is 2.34. The third-order valence-electron chi connectivity index (χ3n) is 3.63. The van der Waals surface area contributed by atoms with Crippen molar-refractivity contribution in [2.24, 2.45) is 5.92 Å². The molecule has 2 rings (SSSR count). The predicted molar refractivity (Wildman–Crippen MR) is 62.7 cm³/mol. The van der Waals surface area contributed by atoms with Crippen LogP contribution in [0.3, 0.4) is 0 Å². The van der Waals surface area contributed by atoms with Crippen molar-refractivity contribution in [1.29, 1.82) is 0 Å². The molecule has 0 saturated heterocycles. The van der Waals surface area contributed by atoms with Crippen molar-refractivity contribution in [1.82, 2.24) is 9.78 Å². The third kappa shape index (κ3) is 2.16. The van der Waals surface area contributed by atoms with Crippen LogP contribution in [0.4, 0.5) is 5.82 Å². The van der Waals surface area contributed by atoms with E-state index in [1.165, 1.54) is 32.1 Å². The van der Waals surface area contributed by atoms with Gasteiger partial charge in [0.25, 0.3) is 0 Å². The monoisotopic (exact) mass is 207 g/mol. The van der Waals surface area contributed by atoms with Crippen LogP contribution in [0.1, 0.15) is 50.8 Å². The Bertz CT molecular complexity index is 322. The second-order valence-corrected chi connectivity index (χ2v) is 4.74. The number of hydrogen-bond acceptors (Lipinski definition) is 2. The van der Waals surface area contributed by atoms with Crippen LogP contribution in [0.25, 0.3) is 0 Å². The molecule has 1 saturated carbocycles. The third-order valence-corrected chi connectivity index (χ3v) is 3.63. The van der Waals surface area contributed by atoms with Gasteiger partial charge in [0.15, 0.2) is 0 Å². The summed E-state index contributed by atoms with van der Waals surface area (Å²) >= 11 is 0. The van der Waals surface area contributed by atoms with Gasteiger partial charge in [0.1, 0.15) is 5.82 Å². The van der Waals surface area contributed by atoms with Crippen molar-refractivity contribution in [3.8, 4) is 0 Å². The summed E-state index contributed by atoms with van der Waals surface area (Å²) in [6.45, 7) is 4.29. The highest BCUT2D eigenvalue weighted by molar-refractivity contribution is 5.30. The zero-order chi connectivity index (χ0) is 10.8.